The Hall–Kier alpha value is -0.540. The molecule has 3 heteroatoms. The predicted molar refractivity (Wildman–Crippen MR) is 69.9 cm³/mol. The molecule has 1 aromatic rings. The summed E-state index contributed by atoms with van der Waals surface area (Å²) < 4.78 is 7.03. The molecule has 1 aromatic carbocycles. The van der Waals surface area contributed by atoms with Crippen molar-refractivity contribution in [3.63, 3.8) is 0 Å². The highest BCUT2D eigenvalue weighted by Crippen LogP contribution is 2.36. The van der Waals surface area contributed by atoms with E-state index in [0.29, 0.717) is 6.10 Å². The van der Waals surface area contributed by atoms with Crippen molar-refractivity contribution in [3.8, 4) is 5.75 Å². The maximum Gasteiger partial charge on any atom is 0.126 e. The van der Waals surface area contributed by atoms with E-state index < -0.39 is 0 Å². The van der Waals surface area contributed by atoms with Gasteiger partial charge in [-0.3, -0.25) is 0 Å². The van der Waals surface area contributed by atoms with Gasteiger partial charge < -0.3 is 10.5 Å². The fourth-order valence-electron chi connectivity index (χ4n) is 2.21. The highest BCUT2D eigenvalue weighted by atomic mass is 79.9. The largest absolute Gasteiger partial charge is 0.490 e. The summed E-state index contributed by atoms with van der Waals surface area (Å²) in [6.07, 6.45) is 4.62. The number of fused-ring (bicyclic) bond motifs is 1. The Morgan fingerprint density at radius 1 is 1.44 bits per heavy atom. The van der Waals surface area contributed by atoms with Gasteiger partial charge in [0.25, 0.3) is 0 Å². The van der Waals surface area contributed by atoms with E-state index in [1.807, 2.05) is 0 Å². The zero-order valence-electron chi connectivity index (χ0n) is 9.63. The molecule has 0 fully saturated rings. The van der Waals surface area contributed by atoms with Crippen LogP contribution in [0.3, 0.4) is 0 Å². The molecule has 88 valence electrons. The monoisotopic (exact) mass is 283 g/mol. The minimum absolute atomic E-state index is 0.317. The van der Waals surface area contributed by atoms with E-state index in [1.165, 1.54) is 11.1 Å². The third kappa shape index (κ3) is 2.58. The molecule has 2 N–H and O–H groups in total. The maximum absolute atomic E-state index is 5.87. The van der Waals surface area contributed by atoms with Crippen LogP contribution in [0.15, 0.2) is 16.6 Å². The van der Waals surface area contributed by atoms with Gasteiger partial charge in [0.2, 0.25) is 0 Å². The standard InChI is InChI=1S/C13H18BrNO/c1-9-6-11-8-12(14)7-10(13(11)16-9)4-2-3-5-15/h7-9H,2-6,15H2,1H3. The van der Waals surface area contributed by atoms with Crippen LogP contribution in [0, 0.1) is 0 Å². The summed E-state index contributed by atoms with van der Waals surface area (Å²) >= 11 is 3.56. The molecule has 0 spiro atoms. The Labute approximate surface area is 105 Å². The number of rotatable bonds is 4. The topological polar surface area (TPSA) is 35.2 Å². The van der Waals surface area contributed by atoms with Gasteiger partial charge in [0.05, 0.1) is 0 Å². The lowest BCUT2D eigenvalue weighted by Crippen LogP contribution is -2.06. The van der Waals surface area contributed by atoms with Crippen molar-refractivity contribution in [2.24, 2.45) is 5.73 Å². The summed E-state index contributed by atoms with van der Waals surface area (Å²) in [4.78, 5) is 0. The molecule has 1 aliphatic heterocycles. The van der Waals surface area contributed by atoms with Crippen molar-refractivity contribution in [2.45, 2.75) is 38.7 Å². The molecule has 0 amide bonds. The Morgan fingerprint density at radius 2 is 2.25 bits per heavy atom. The second kappa shape index (κ2) is 5.19. The quantitative estimate of drug-likeness (QED) is 0.862. The summed E-state index contributed by atoms with van der Waals surface area (Å²) in [5, 5.41) is 0. The Bertz CT molecular complexity index is 378. The van der Waals surface area contributed by atoms with E-state index in [-0.39, 0.29) is 0 Å². The molecule has 1 aliphatic rings. The normalized spacial score (nSPS) is 18.3. The molecular formula is C13H18BrNO. The van der Waals surface area contributed by atoms with Crippen molar-refractivity contribution >= 4 is 15.9 Å². The van der Waals surface area contributed by atoms with Crippen molar-refractivity contribution < 1.29 is 4.74 Å². The summed E-state index contributed by atoms with van der Waals surface area (Å²) in [7, 11) is 0. The first-order valence-corrected chi connectivity index (χ1v) is 6.68. The van der Waals surface area contributed by atoms with Gasteiger partial charge >= 0.3 is 0 Å². The summed E-state index contributed by atoms with van der Waals surface area (Å²) in [5.74, 6) is 1.12. The third-order valence-electron chi connectivity index (χ3n) is 2.93. The number of aryl methyl sites for hydroxylation is 1. The number of benzene rings is 1. The number of hydrogen-bond donors (Lipinski definition) is 1. The minimum Gasteiger partial charge on any atom is -0.490 e. The molecule has 0 radical (unpaired) electrons. The molecule has 0 aliphatic carbocycles. The lowest BCUT2D eigenvalue weighted by molar-refractivity contribution is 0.252. The van der Waals surface area contributed by atoms with Gasteiger partial charge in [-0.25, -0.2) is 0 Å². The number of ether oxygens (including phenoxy) is 1. The zero-order chi connectivity index (χ0) is 11.5. The van der Waals surface area contributed by atoms with E-state index >= 15 is 0 Å². The summed E-state index contributed by atoms with van der Waals surface area (Å²) in [5.41, 5.74) is 8.18. The average molecular weight is 284 g/mol. The van der Waals surface area contributed by atoms with E-state index in [4.69, 9.17) is 10.5 Å². The SMILES string of the molecule is CC1Cc2cc(Br)cc(CCCCN)c2O1. The molecule has 1 unspecified atom stereocenters. The van der Waals surface area contributed by atoms with Gasteiger partial charge in [0, 0.05) is 10.9 Å². The van der Waals surface area contributed by atoms with Crippen LogP contribution >= 0.6 is 15.9 Å². The molecule has 1 heterocycles. The van der Waals surface area contributed by atoms with Gasteiger partial charge in [0.15, 0.2) is 0 Å². The third-order valence-corrected chi connectivity index (χ3v) is 3.39. The average Bonchev–Trinajstić information content (AvgIpc) is 2.58. The van der Waals surface area contributed by atoms with Crippen molar-refractivity contribution in [2.75, 3.05) is 6.54 Å². The van der Waals surface area contributed by atoms with Crippen LogP contribution in [-0.4, -0.2) is 12.6 Å². The van der Waals surface area contributed by atoms with Gasteiger partial charge in [-0.2, -0.15) is 0 Å². The highest BCUT2D eigenvalue weighted by Gasteiger charge is 2.22. The Balaban J connectivity index is 2.18. The molecule has 2 nitrogen and oxygen atoms in total. The van der Waals surface area contributed by atoms with Crippen LogP contribution in [-0.2, 0) is 12.8 Å². The van der Waals surface area contributed by atoms with Crippen LogP contribution in [0.4, 0.5) is 0 Å². The van der Waals surface area contributed by atoms with E-state index in [9.17, 15) is 0 Å². The molecule has 1 atom stereocenters. The Kier molecular flexibility index (Phi) is 3.87. The Morgan fingerprint density at radius 3 is 3.00 bits per heavy atom. The maximum atomic E-state index is 5.87. The summed E-state index contributed by atoms with van der Waals surface area (Å²) in [6.45, 7) is 2.89. The minimum atomic E-state index is 0.317. The van der Waals surface area contributed by atoms with E-state index in [1.54, 1.807) is 0 Å². The van der Waals surface area contributed by atoms with E-state index in [2.05, 4.69) is 35.0 Å². The lowest BCUT2D eigenvalue weighted by Gasteiger charge is -2.10. The molecule has 0 bridgehead atoms. The summed E-state index contributed by atoms with van der Waals surface area (Å²) in [6, 6.07) is 4.35. The molecule has 0 saturated heterocycles. The first-order valence-electron chi connectivity index (χ1n) is 5.88. The van der Waals surface area contributed by atoms with Crippen LogP contribution in [0.2, 0.25) is 0 Å². The number of unbranched alkanes of at least 4 members (excludes halogenated alkanes) is 1. The fraction of sp³-hybridized carbons (Fsp3) is 0.538. The van der Waals surface area contributed by atoms with Gasteiger partial charge in [-0.05, 0) is 56.0 Å². The first-order chi connectivity index (χ1) is 7.70. The molecule has 16 heavy (non-hydrogen) atoms. The number of halogens is 1. The smallest absolute Gasteiger partial charge is 0.126 e. The second-order valence-electron chi connectivity index (χ2n) is 4.43. The van der Waals surface area contributed by atoms with Crippen LogP contribution in [0.25, 0.3) is 0 Å². The van der Waals surface area contributed by atoms with Gasteiger partial charge in [0.1, 0.15) is 11.9 Å². The molecule has 0 saturated carbocycles. The van der Waals surface area contributed by atoms with Crippen LogP contribution < -0.4 is 10.5 Å². The van der Waals surface area contributed by atoms with Crippen LogP contribution in [0.1, 0.15) is 30.9 Å². The molecule has 2 rings (SSSR count). The highest BCUT2D eigenvalue weighted by molar-refractivity contribution is 9.10. The first kappa shape index (κ1) is 11.9. The van der Waals surface area contributed by atoms with Crippen molar-refractivity contribution in [1.82, 2.24) is 0 Å². The van der Waals surface area contributed by atoms with Crippen LogP contribution in [0.5, 0.6) is 5.75 Å². The number of nitrogens with two attached hydrogens (primary N) is 1. The van der Waals surface area contributed by atoms with Gasteiger partial charge in [-0.15, -0.1) is 0 Å². The predicted octanol–water partition coefficient (Wildman–Crippen LogP) is 3.05. The second-order valence-corrected chi connectivity index (χ2v) is 5.35. The number of hydrogen-bond acceptors (Lipinski definition) is 2. The molecule has 0 aromatic heterocycles. The van der Waals surface area contributed by atoms with Crippen molar-refractivity contribution in [3.05, 3.63) is 27.7 Å². The lowest BCUT2D eigenvalue weighted by atomic mass is 10.0. The van der Waals surface area contributed by atoms with E-state index in [0.717, 1.165) is 42.5 Å². The fourth-order valence-corrected chi connectivity index (χ4v) is 2.77. The van der Waals surface area contributed by atoms with Crippen molar-refractivity contribution in [1.29, 1.82) is 0 Å². The zero-order valence-corrected chi connectivity index (χ0v) is 11.2. The van der Waals surface area contributed by atoms with Gasteiger partial charge in [-0.1, -0.05) is 15.9 Å². The molecular weight excluding hydrogens is 266 g/mol.